The quantitative estimate of drug-likeness (QED) is 0.425. The minimum absolute atomic E-state index is 0.01000. The summed E-state index contributed by atoms with van der Waals surface area (Å²) in [5, 5.41) is 7.31. The van der Waals surface area contributed by atoms with E-state index < -0.39 is 40.8 Å². The fraction of sp³-hybridized carbons (Fsp3) is 0.182. The van der Waals surface area contributed by atoms with E-state index in [2.05, 4.69) is 25.9 Å². The molecule has 4 rings (SSSR count). The van der Waals surface area contributed by atoms with E-state index in [9.17, 15) is 31.9 Å². The lowest BCUT2D eigenvalue weighted by Gasteiger charge is -2.23. The summed E-state index contributed by atoms with van der Waals surface area (Å²) in [7, 11) is 0. The first-order valence-electron chi connectivity index (χ1n) is 9.96. The van der Waals surface area contributed by atoms with Crippen molar-refractivity contribution in [3.05, 3.63) is 75.3 Å². The Balaban J connectivity index is 1.63. The van der Waals surface area contributed by atoms with E-state index in [0.717, 1.165) is 12.1 Å². The summed E-state index contributed by atoms with van der Waals surface area (Å²) in [5.74, 6) is -3.80. The number of halogens is 4. The summed E-state index contributed by atoms with van der Waals surface area (Å²) < 4.78 is 53.0. The maximum absolute atomic E-state index is 14.1. The molecule has 4 N–H and O–H groups in total. The molecule has 1 aromatic heterocycles. The number of benzene rings is 2. The molecule has 0 radical (unpaired) electrons. The van der Waals surface area contributed by atoms with Crippen molar-refractivity contribution in [3.8, 4) is 0 Å². The number of fused-ring (bicyclic) bond motifs is 1. The van der Waals surface area contributed by atoms with Crippen LogP contribution in [0.4, 0.5) is 40.7 Å². The minimum Gasteiger partial charge on any atom is -0.326 e. The van der Waals surface area contributed by atoms with E-state index in [-0.39, 0.29) is 35.1 Å². The van der Waals surface area contributed by atoms with Crippen molar-refractivity contribution < 1.29 is 27.2 Å². The van der Waals surface area contributed by atoms with Gasteiger partial charge in [-0.25, -0.2) is 4.39 Å². The zero-order valence-corrected chi connectivity index (χ0v) is 17.5. The van der Waals surface area contributed by atoms with Crippen molar-refractivity contribution in [3.63, 3.8) is 0 Å². The number of aromatic nitrogens is 2. The van der Waals surface area contributed by atoms with Gasteiger partial charge in [0.1, 0.15) is 11.6 Å². The zero-order chi connectivity index (χ0) is 24.6. The standard InChI is InChI=1S/C22H17F4N5O3/c1-10-5-6-15(14(23)7-10)28-19(33)13-9-16(32)29-18-17(13)20(34)31-21(30-18)27-12-4-2-3-11(8-12)22(24,25)26/h2-8,13H,9H2,1H3,(H,28,33)(H3,27,29,30,31,32,34)/t13-/m1/s1. The molecule has 0 bridgehead atoms. The van der Waals surface area contributed by atoms with E-state index in [1.807, 2.05) is 0 Å². The number of amides is 2. The number of nitrogens with one attached hydrogen (secondary N) is 4. The van der Waals surface area contributed by atoms with Gasteiger partial charge in [0, 0.05) is 12.1 Å². The average molecular weight is 475 g/mol. The molecule has 0 saturated carbocycles. The molecular formula is C22H17F4N5O3. The molecule has 0 aliphatic carbocycles. The van der Waals surface area contributed by atoms with Crippen LogP contribution in [0.3, 0.4) is 0 Å². The highest BCUT2D eigenvalue weighted by Gasteiger charge is 2.35. The molecule has 34 heavy (non-hydrogen) atoms. The van der Waals surface area contributed by atoms with Gasteiger partial charge in [-0.05, 0) is 42.8 Å². The van der Waals surface area contributed by atoms with Gasteiger partial charge in [-0.3, -0.25) is 19.4 Å². The summed E-state index contributed by atoms with van der Waals surface area (Å²) in [6, 6.07) is 8.38. The molecule has 1 aliphatic rings. The maximum atomic E-state index is 14.1. The van der Waals surface area contributed by atoms with Crippen LogP contribution in [0.15, 0.2) is 47.3 Å². The first-order valence-corrected chi connectivity index (χ1v) is 9.96. The second-order valence-electron chi connectivity index (χ2n) is 7.66. The number of hydrogen-bond donors (Lipinski definition) is 4. The van der Waals surface area contributed by atoms with Crippen molar-refractivity contribution in [2.24, 2.45) is 0 Å². The number of nitrogens with zero attached hydrogens (tertiary/aromatic N) is 1. The molecule has 0 spiro atoms. The lowest BCUT2D eigenvalue weighted by molar-refractivity contribution is -0.137. The first kappa shape index (κ1) is 23.0. The lowest BCUT2D eigenvalue weighted by atomic mass is 9.92. The number of aromatic amines is 1. The van der Waals surface area contributed by atoms with Crippen molar-refractivity contribution >= 4 is 35.0 Å². The Kier molecular flexibility index (Phi) is 5.82. The third-order valence-corrected chi connectivity index (χ3v) is 5.10. The van der Waals surface area contributed by atoms with Crippen LogP contribution >= 0.6 is 0 Å². The highest BCUT2D eigenvalue weighted by Crippen LogP contribution is 2.33. The molecule has 0 fully saturated rings. The number of hydrogen-bond acceptors (Lipinski definition) is 5. The molecule has 2 amide bonds. The van der Waals surface area contributed by atoms with Crippen LogP contribution in [0.2, 0.25) is 0 Å². The number of rotatable bonds is 4. The summed E-state index contributed by atoms with van der Waals surface area (Å²) in [4.78, 5) is 44.2. The van der Waals surface area contributed by atoms with Gasteiger partial charge in [0.2, 0.25) is 17.8 Å². The third-order valence-electron chi connectivity index (χ3n) is 5.10. The van der Waals surface area contributed by atoms with Crippen molar-refractivity contribution in [1.82, 2.24) is 9.97 Å². The molecule has 12 heteroatoms. The van der Waals surface area contributed by atoms with Crippen LogP contribution in [-0.4, -0.2) is 21.8 Å². The van der Waals surface area contributed by atoms with E-state index in [1.54, 1.807) is 13.0 Å². The Labute approximate surface area is 189 Å². The summed E-state index contributed by atoms with van der Waals surface area (Å²) >= 11 is 0. The van der Waals surface area contributed by atoms with E-state index in [1.165, 1.54) is 24.3 Å². The number of carbonyl (C=O) groups is 2. The normalized spacial score (nSPS) is 15.3. The van der Waals surface area contributed by atoms with Gasteiger partial charge in [0.15, 0.2) is 0 Å². The number of alkyl halides is 3. The third kappa shape index (κ3) is 4.75. The molecule has 2 heterocycles. The number of aryl methyl sites for hydroxylation is 1. The fourth-order valence-corrected chi connectivity index (χ4v) is 3.51. The summed E-state index contributed by atoms with van der Waals surface area (Å²) in [5.41, 5.74) is -1.34. The average Bonchev–Trinajstić information content (AvgIpc) is 2.74. The van der Waals surface area contributed by atoms with Crippen molar-refractivity contribution in [2.75, 3.05) is 16.0 Å². The van der Waals surface area contributed by atoms with Crippen LogP contribution in [-0.2, 0) is 15.8 Å². The molecular weight excluding hydrogens is 458 g/mol. The largest absolute Gasteiger partial charge is 0.416 e. The summed E-state index contributed by atoms with van der Waals surface area (Å²) in [6.07, 6.45) is -4.95. The number of anilines is 4. The van der Waals surface area contributed by atoms with Gasteiger partial charge in [-0.1, -0.05) is 12.1 Å². The predicted molar refractivity (Wildman–Crippen MR) is 115 cm³/mol. The number of carbonyl (C=O) groups excluding carboxylic acids is 2. The first-order chi connectivity index (χ1) is 16.0. The Bertz CT molecular complexity index is 1350. The highest BCUT2D eigenvalue weighted by molar-refractivity contribution is 6.04. The zero-order valence-electron chi connectivity index (χ0n) is 17.5. The Hall–Kier alpha value is -4.22. The maximum Gasteiger partial charge on any atom is 0.416 e. The van der Waals surface area contributed by atoms with Crippen LogP contribution < -0.4 is 21.5 Å². The molecule has 2 aromatic carbocycles. The minimum atomic E-state index is -4.57. The fourth-order valence-electron chi connectivity index (χ4n) is 3.51. The van der Waals surface area contributed by atoms with Gasteiger partial charge in [0.05, 0.1) is 22.7 Å². The SMILES string of the molecule is Cc1ccc(NC(=O)[C@@H]2CC(=O)Nc3nc(Nc4cccc(C(F)(F)F)c4)[nH]c(=O)c32)c(F)c1. The monoisotopic (exact) mass is 475 g/mol. The Morgan fingerprint density at radius 1 is 1.15 bits per heavy atom. The molecule has 8 nitrogen and oxygen atoms in total. The van der Waals surface area contributed by atoms with Gasteiger partial charge in [-0.15, -0.1) is 0 Å². The smallest absolute Gasteiger partial charge is 0.326 e. The van der Waals surface area contributed by atoms with Crippen LogP contribution in [0, 0.1) is 12.7 Å². The Morgan fingerprint density at radius 3 is 2.62 bits per heavy atom. The summed E-state index contributed by atoms with van der Waals surface area (Å²) in [6.45, 7) is 1.67. The van der Waals surface area contributed by atoms with Crippen molar-refractivity contribution in [2.45, 2.75) is 25.4 Å². The van der Waals surface area contributed by atoms with Crippen LogP contribution in [0.25, 0.3) is 0 Å². The molecule has 1 atom stereocenters. The van der Waals surface area contributed by atoms with Gasteiger partial charge in [0.25, 0.3) is 5.56 Å². The second-order valence-corrected chi connectivity index (χ2v) is 7.66. The van der Waals surface area contributed by atoms with Crippen LogP contribution in [0.5, 0.6) is 0 Å². The molecule has 0 unspecified atom stereocenters. The predicted octanol–water partition coefficient (Wildman–Crippen LogP) is 4.04. The second kappa shape index (κ2) is 8.61. The van der Waals surface area contributed by atoms with E-state index in [4.69, 9.17) is 0 Å². The number of H-pyrrole nitrogens is 1. The topological polar surface area (TPSA) is 116 Å². The molecule has 1 aliphatic heterocycles. The lowest BCUT2D eigenvalue weighted by Crippen LogP contribution is -2.36. The van der Waals surface area contributed by atoms with Gasteiger partial charge in [-0.2, -0.15) is 18.2 Å². The van der Waals surface area contributed by atoms with Gasteiger partial charge >= 0.3 is 6.18 Å². The van der Waals surface area contributed by atoms with Crippen LogP contribution in [0.1, 0.15) is 29.0 Å². The van der Waals surface area contributed by atoms with Crippen molar-refractivity contribution in [1.29, 1.82) is 0 Å². The van der Waals surface area contributed by atoms with E-state index >= 15 is 0 Å². The molecule has 176 valence electrons. The van der Waals surface area contributed by atoms with E-state index in [0.29, 0.717) is 5.56 Å². The van der Waals surface area contributed by atoms with Gasteiger partial charge < -0.3 is 16.0 Å². The molecule has 0 saturated heterocycles. The highest BCUT2D eigenvalue weighted by atomic mass is 19.4. The Morgan fingerprint density at radius 2 is 1.91 bits per heavy atom. The molecule has 3 aromatic rings.